The Morgan fingerprint density at radius 1 is 1.59 bits per heavy atom. The average Bonchev–Trinajstić information content (AvgIpc) is 2.28. The Labute approximate surface area is 100 Å². The maximum absolute atomic E-state index is 11.7. The molecule has 2 atom stereocenters. The number of hydrogen-bond donors (Lipinski definition) is 2. The van der Waals surface area contributed by atoms with Gasteiger partial charge in [0.25, 0.3) is 6.43 Å². The van der Waals surface area contributed by atoms with Gasteiger partial charge in [-0.1, -0.05) is 0 Å². The quantitative estimate of drug-likeness (QED) is 0.685. The first kappa shape index (κ1) is 14.3. The highest BCUT2D eigenvalue weighted by Gasteiger charge is 2.24. The molecule has 1 heterocycles. The molecular formula is C11H20F2N2O2. The van der Waals surface area contributed by atoms with Crippen LogP contribution < -0.4 is 10.6 Å². The van der Waals surface area contributed by atoms with Gasteiger partial charge in [0.15, 0.2) is 0 Å². The van der Waals surface area contributed by atoms with Gasteiger partial charge in [-0.2, -0.15) is 0 Å². The molecule has 2 N–H and O–H groups in total. The van der Waals surface area contributed by atoms with Crippen LogP contribution in [0.3, 0.4) is 0 Å². The van der Waals surface area contributed by atoms with Gasteiger partial charge in [-0.25, -0.2) is 8.78 Å². The van der Waals surface area contributed by atoms with Gasteiger partial charge in [0.2, 0.25) is 5.91 Å². The molecule has 17 heavy (non-hydrogen) atoms. The van der Waals surface area contributed by atoms with Crippen molar-refractivity contribution in [1.82, 2.24) is 10.6 Å². The van der Waals surface area contributed by atoms with E-state index < -0.39 is 13.0 Å². The predicted molar refractivity (Wildman–Crippen MR) is 60.0 cm³/mol. The van der Waals surface area contributed by atoms with Crippen LogP contribution in [0.5, 0.6) is 0 Å². The van der Waals surface area contributed by atoms with E-state index in [1.54, 1.807) is 0 Å². The van der Waals surface area contributed by atoms with E-state index >= 15 is 0 Å². The molecule has 0 aromatic carbocycles. The van der Waals surface area contributed by atoms with Crippen molar-refractivity contribution in [3.63, 3.8) is 0 Å². The Morgan fingerprint density at radius 3 is 3.00 bits per heavy atom. The highest BCUT2D eigenvalue weighted by Crippen LogP contribution is 2.15. The standard InChI is InChI=1S/C11H20F2N2O2/c1-8-6-9(2-3-14-8)11(16)15-4-5-17-7-10(12)13/h8-10,14H,2-7H2,1H3,(H,15,16). The Kier molecular flexibility index (Phi) is 6.36. The van der Waals surface area contributed by atoms with Crippen molar-refractivity contribution in [3.05, 3.63) is 0 Å². The van der Waals surface area contributed by atoms with Crippen LogP contribution in [0.2, 0.25) is 0 Å². The highest BCUT2D eigenvalue weighted by molar-refractivity contribution is 5.78. The van der Waals surface area contributed by atoms with E-state index in [1.807, 2.05) is 6.92 Å². The van der Waals surface area contributed by atoms with Gasteiger partial charge in [0, 0.05) is 18.5 Å². The molecule has 0 aromatic rings. The van der Waals surface area contributed by atoms with Crippen LogP contribution in [0.4, 0.5) is 8.78 Å². The fourth-order valence-electron chi connectivity index (χ4n) is 1.93. The minimum Gasteiger partial charge on any atom is -0.374 e. The van der Waals surface area contributed by atoms with Crippen LogP contribution in [-0.2, 0) is 9.53 Å². The molecule has 1 aliphatic heterocycles. The van der Waals surface area contributed by atoms with Crippen molar-refractivity contribution >= 4 is 5.91 Å². The van der Waals surface area contributed by atoms with Crippen molar-refractivity contribution < 1.29 is 18.3 Å². The Bertz CT molecular complexity index is 240. The molecule has 2 unspecified atom stereocenters. The molecule has 1 amide bonds. The number of ether oxygens (including phenoxy) is 1. The molecule has 1 rings (SSSR count). The van der Waals surface area contributed by atoms with Crippen LogP contribution in [-0.4, -0.2) is 44.7 Å². The second kappa shape index (κ2) is 7.55. The Hall–Kier alpha value is -0.750. The lowest BCUT2D eigenvalue weighted by atomic mass is 9.92. The van der Waals surface area contributed by atoms with Crippen LogP contribution in [0.15, 0.2) is 0 Å². The number of hydrogen-bond acceptors (Lipinski definition) is 3. The first-order valence-corrected chi connectivity index (χ1v) is 5.96. The first-order valence-electron chi connectivity index (χ1n) is 5.96. The number of carbonyl (C=O) groups excluding carboxylic acids is 1. The van der Waals surface area contributed by atoms with Crippen LogP contribution >= 0.6 is 0 Å². The first-order chi connectivity index (χ1) is 8.09. The molecule has 0 radical (unpaired) electrons. The van der Waals surface area contributed by atoms with Crippen molar-refractivity contribution in [3.8, 4) is 0 Å². The molecule has 0 aliphatic carbocycles. The number of rotatable bonds is 6. The summed E-state index contributed by atoms with van der Waals surface area (Å²) in [6.07, 6.45) is -0.798. The van der Waals surface area contributed by atoms with Crippen molar-refractivity contribution in [2.75, 3.05) is 26.3 Å². The zero-order chi connectivity index (χ0) is 12.7. The maximum Gasteiger partial charge on any atom is 0.261 e. The van der Waals surface area contributed by atoms with Crippen molar-refractivity contribution in [1.29, 1.82) is 0 Å². The third-order valence-electron chi connectivity index (χ3n) is 2.78. The summed E-state index contributed by atoms with van der Waals surface area (Å²) in [7, 11) is 0. The van der Waals surface area contributed by atoms with Gasteiger partial charge in [-0.05, 0) is 26.3 Å². The summed E-state index contributed by atoms with van der Waals surface area (Å²) in [6.45, 7) is 2.76. The SMILES string of the molecule is CC1CC(C(=O)NCCOCC(F)F)CCN1. The van der Waals surface area contributed by atoms with Crippen molar-refractivity contribution in [2.24, 2.45) is 5.92 Å². The minimum absolute atomic E-state index is 0.000929. The van der Waals surface area contributed by atoms with E-state index in [9.17, 15) is 13.6 Å². The number of amides is 1. The second-order valence-electron chi connectivity index (χ2n) is 4.33. The number of alkyl halides is 2. The normalized spacial score (nSPS) is 24.9. The van der Waals surface area contributed by atoms with Gasteiger partial charge in [-0.15, -0.1) is 0 Å². The molecule has 1 aliphatic rings. The Balaban J connectivity index is 2.08. The predicted octanol–water partition coefficient (Wildman–Crippen LogP) is 0.772. The van der Waals surface area contributed by atoms with Gasteiger partial charge in [0.05, 0.1) is 6.61 Å². The average molecular weight is 250 g/mol. The molecule has 6 heteroatoms. The number of carbonyl (C=O) groups is 1. The van der Waals surface area contributed by atoms with E-state index in [0.29, 0.717) is 12.6 Å². The molecule has 0 spiro atoms. The van der Waals surface area contributed by atoms with Crippen LogP contribution in [0.1, 0.15) is 19.8 Å². The lowest BCUT2D eigenvalue weighted by Gasteiger charge is -2.27. The van der Waals surface area contributed by atoms with Gasteiger partial charge < -0.3 is 15.4 Å². The summed E-state index contributed by atoms with van der Waals surface area (Å²) in [5.41, 5.74) is 0. The van der Waals surface area contributed by atoms with Gasteiger partial charge in [0.1, 0.15) is 6.61 Å². The second-order valence-corrected chi connectivity index (χ2v) is 4.33. The van der Waals surface area contributed by atoms with Crippen LogP contribution in [0, 0.1) is 5.92 Å². The Morgan fingerprint density at radius 2 is 2.35 bits per heavy atom. The van der Waals surface area contributed by atoms with Crippen LogP contribution in [0.25, 0.3) is 0 Å². The molecule has 1 saturated heterocycles. The zero-order valence-electron chi connectivity index (χ0n) is 10.0. The maximum atomic E-state index is 11.7. The third-order valence-corrected chi connectivity index (χ3v) is 2.78. The lowest BCUT2D eigenvalue weighted by molar-refractivity contribution is -0.126. The van der Waals surface area contributed by atoms with E-state index in [1.165, 1.54) is 0 Å². The van der Waals surface area contributed by atoms with Gasteiger partial charge >= 0.3 is 0 Å². The third kappa shape index (κ3) is 5.93. The molecule has 0 bridgehead atoms. The monoisotopic (exact) mass is 250 g/mol. The lowest BCUT2D eigenvalue weighted by Crippen LogP contribution is -2.43. The molecular weight excluding hydrogens is 230 g/mol. The molecule has 0 aromatic heterocycles. The summed E-state index contributed by atoms with van der Waals surface area (Å²) < 4.78 is 28.1. The number of nitrogens with one attached hydrogen (secondary N) is 2. The molecule has 0 saturated carbocycles. The smallest absolute Gasteiger partial charge is 0.261 e. The van der Waals surface area contributed by atoms with Crippen molar-refractivity contribution in [2.45, 2.75) is 32.2 Å². The van der Waals surface area contributed by atoms with E-state index in [4.69, 9.17) is 0 Å². The fourth-order valence-corrected chi connectivity index (χ4v) is 1.93. The topological polar surface area (TPSA) is 50.4 Å². The summed E-state index contributed by atoms with van der Waals surface area (Å²) in [5.74, 6) is 0.0281. The largest absolute Gasteiger partial charge is 0.374 e. The molecule has 4 nitrogen and oxygen atoms in total. The number of halogens is 2. The van der Waals surface area contributed by atoms with E-state index in [-0.39, 0.29) is 18.4 Å². The molecule has 100 valence electrons. The molecule has 1 fully saturated rings. The fraction of sp³-hybridized carbons (Fsp3) is 0.909. The summed E-state index contributed by atoms with van der Waals surface area (Å²) in [5, 5.41) is 5.98. The van der Waals surface area contributed by atoms with E-state index in [0.717, 1.165) is 19.4 Å². The highest BCUT2D eigenvalue weighted by atomic mass is 19.3. The summed E-state index contributed by atoms with van der Waals surface area (Å²) >= 11 is 0. The van der Waals surface area contributed by atoms with Gasteiger partial charge in [-0.3, -0.25) is 4.79 Å². The summed E-state index contributed by atoms with van der Waals surface area (Å²) in [4.78, 5) is 11.7. The number of piperidine rings is 1. The minimum atomic E-state index is -2.45. The van der Waals surface area contributed by atoms with E-state index in [2.05, 4.69) is 15.4 Å². The zero-order valence-corrected chi connectivity index (χ0v) is 10.0. The summed E-state index contributed by atoms with van der Waals surface area (Å²) in [6, 6.07) is 0.356.